The first kappa shape index (κ1) is 10.4. The van der Waals surface area contributed by atoms with Gasteiger partial charge in [0, 0.05) is 5.56 Å². The number of rotatable bonds is 2. The number of hydrogen-bond donors (Lipinski definition) is 3. The van der Waals surface area contributed by atoms with Crippen LogP contribution in [0.25, 0.3) is 10.4 Å². The number of aromatic nitrogens is 1. The van der Waals surface area contributed by atoms with E-state index in [1.165, 1.54) is 6.07 Å². The molecule has 2 rings (SSSR count). The topological polar surface area (TPSA) is 96.4 Å². The molecule has 0 saturated heterocycles. The van der Waals surface area contributed by atoms with Gasteiger partial charge in [0.1, 0.15) is 5.75 Å². The maximum atomic E-state index is 10.9. The van der Waals surface area contributed by atoms with E-state index in [-0.39, 0.29) is 16.6 Å². The molecular formula is C10H8N2O3S. The monoisotopic (exact) mass is 236 g/mol. The Bertz CT molecular complexity index is 551. The van der Waals surface area contributed by atoms with Gasteiger partial charge in [-0.25, -0.2) is 9.78 Å². The Morgan fingerprint density at radius 1 is 1.38 bits per heavy atom. The van der Waals surface area contributed by atoms with Crippen molar-refractivity contribution in [1.29, 1.82) is 0 Å². The lowest BCUT2D eigenvalue weighted by atomic mass is 10.1. The molecule has 0 spiro atoms. The molecule has 0 atom stereocenters. The second-order valence-corrected chi connectivity index (χ2v) is 4.08. The predicted molar refractivity (Wildman–Crippen MR) is 60.6 cm³/mol. The van der Waals surface area contributed by atoms with E-state index in [2.05, 4.69) is 4.98 Å². The molecule has 1 aromatic carbocycles. The third-order valence-corrected chi connectivity index (χ3v) is 2.91. The third-order valence-electron chi connectivity index (χ3n) is 1.99. The number of carboxylic acids is 1. The van der Waals surface area contributed by atoms with Gasteiger partial charge >= 0.3 is 5.97 Å². The van der Waals surface area contributed by atoms with E-state index in [1.54, 1.807) is 18.2 Å². The Morgan fingerprint density at radius 2 is 2.06 bits per heavy atom. The van der Waals surface area contributed by atoms with Gasteiger partial charge in [-0.05, 0) is 12.1 Å². The van der Waals surface area contributed by atoms with Crippen LogP contribution in [-0.2, 0) is 0 Å². The van der Waals surface area contributed by atoms with E-state index in [4.69, 9.17) is 10.8 Å². The van der Waals surface area contributed by atoms with Crippen LogP contribution in [0.5, 0.6) is 5.75 Å². The average Bonchev–Trinajstić information content (AvgIpc) is 2.61. The number of benzene rings is 1. The highest BCUT2D eigenvalue weighted by molar-refractivity contribution is 7.19. The van der Waals surface area contributed by atoms with Crippen LogP contribution >= 0.6 is 11.3 Å². The molecule has 2 aromatic rings. The summed E-state index contributed by atoms with van der Waals surface area (Å²) < 4.78 is 0. The highest BCUT2D eigenvalue weighted by atomic mass is 32.1. The molecule has 0 unspecified atom stereocenters. The fourth-order valence-electron chi connectivity index (χ4n) is 1.33. The van der Waals surface area contributed by atoms with Crippen molar-refractivity contribution in [2.24, 2.45) is 0 Å². The predicted octanol–water partition coefficient (Wildman–Crippen LogP) is 1.80. The molecule has 0 aliphatic carbocycles. The highest BCUT2D eigenvalue weighted by Crippen LogP contribution is 2.36. The fourth-order valence-corrected chi connectivity index (χ4v) is 2.19. The molecule has 1 aromatic heterocycles. The smallest absolute Gasteiger partial charge is 0.356 e. The maximum Gasteiger partial charge on any atom is 0.356 e. The molecule has 82 valence electrons. The summed E-state index contributed by atoms with van der Waals surface area (Å²) in [6, 6.07) is 6.46. The molecule has 0 fully saturated rings. The van der Waals surface area contributed by atoms with Crippen molar-refractivity contribution in [3.05, 3.63) is 30.0 Å². The Morgan fingerprint density at radius 3 is 2.69 bits per heavy atom. The van der Waals surface area contributed by atoms with E-state index in [1.807, 2.05) is 0 Å². The third kappa shape index (κ3) is 1.70. The molecule has 16 heavy (non-hydrogen) atoms. The van der Waals surface area contributed by atoms with Crippen molar-refractivity contribution in [3.8, 4) is 16.2 Å². The summed E-state index contributed by atoms with van der Waals surface area (Å²) in [7, 11) is 0. The van der Waals surface area contributed by atoms with Gasteiger partial charge in [0.15, 0.2) is 10.8 Å². The zero-order chi connectivity index (χ0) is 11.7. The molecule has 0 aliphatic rings. The first-order valence-electron chi connectivity index (χ1n) is 4.37. The molecule has 6 heteroatoms. The SMILES string of the molecule is Nc1nc(C(=O)O)c(-c2ccccc2O)s1. The van der Waals surface area contributed by atoms with Crippen molar-refractivity contribution < 1.29 is 15.0 Å². The summed E-state index contributed by atoms with van der Waals surface area (Å²) in [6.07, 6.45) is 0. The van der Waals surface area contributed by atoms with Crippen LogP contribution < -0.4 is 5.73 Å². The van der Waals surface area contributed by atoms with Gasteiger partial charge in [-0.15, -0.1) is 0 Å². The molecule has 0 aliphatic heterocycles. The number of phenols is 1. The minimum Gasteiger partial charge on any atom is -0.507 e. The molecule has 0 bridgehead atoms. The van der Waals surface area contributed by atoms with Crippen LogP contribution in [0, 0.1) is 0 Å². The summed E-state index contributed by atoms with van der Waals surface area (Å²) in [6.45, 7) is 0. The van der Waals surface area contributed by atoms with Crippen LogP contribution in [0.15, 0.2) is 24.3 Å². The van der Waals surface area contributed by atoms with E-state index >= 15 is 0 Å². The summed E-state index contributed by atoms with van der Waals surface area (Å²) >= 11 is 1.04. The Kier molecular flexibility index (Phi) is 2.49. The van der Waals surface area contributed by atoms with Crippen LogP contribution in [0.1, 0.15) is 10.5 Å². The number of hydrogen-bond acceptors (Lipinski definition) is 5. The lowest BCUT2D eigenvalue weighted by molar-refractivity contribution is 0.0692. The number of carboxylic acid groups (broad SMARTS) is 1. The van der Waals surface area contributed by atoms with Gasteiger partial charge in [0.25, 0.3) is 0 Å². The molecule has 5 nitrogen and oxygen atoms in total. The van der Waals surface area contributed by atoms with Crippen molar-refractivity contribution in [1.82, 2.24) is 4.98 Å². The molecule has 0 amide bonds. The summed E-state index contributed by atoms with van der Waals surface area (Å²) in [5.74, 6) is -1.15. The number of nitrogen functional groups attached to an aromatic ring is 1. The van der Waals surface area contributed by atoms with E-state index < -0.39 is 5.97 Å². The van der Waals surface area contributed by atoms with E-state index in [0.717, 1.165) is 11.3 Å². The van der Waals surface area contributed by atoms with Gasteiger partial charge in [-0.3, -0.25) is 0 Å². The normalized spacial score (nSPS) is 10.2. The Hall–Kier alpha value is -2.08. The number of nitrogens with zero attached hydrogens (tertiary/aromatic N) is 1. The number of nitrogens with two attached hydrogens (primary N) is 1. The number of thiazole rings is 1. The summed E-state index contributed by atoms with van der Waals surface area (Å²) in [5, 5.41) is 18.7. The Labute approximate surface area is 94.8 Å². The zero-order valence-corrected chi connectivity index (χ0v) is 8.86. The van der Waals surface area contributed by atoms with Gasteiger partial charge in [0.2, 0.25) is 0 Å². The minimum atomic E-state index is -1.16. The second-order valence-electron chi connectivity index (χ2n) is 3.05. The maximum absolute atomic E-state index is 10.9. The van der Waals surface area contributed by atoms with Crippen LogP contribution in [0.3, 0.4) is 0 Å². The number of aromatic carboxylic acids is 1. The van der Waals surface area contributed by atoms with Crippen molar-refractivity contribution >= 4 is 22.4 Å². The fraction of sp³-hybridized carbons (Fsp3) is 0. The number of phenolic OH excluding ortho intramolecular Hbond substituents is 1. The van der Waals surface area contributed by atoms with Gasteiger partial charge < -0.3 is 15.9 Å². The average molecular weight is 236 g/mol. The largest absolute Gasteiger partial charge is 0.507 e. The van der Waals surface area contributed by atoms with E-state index in [9.17, 15) is 9.90 Å². The summed E-state index contributed by atoms with van der Waals surface area (Å²) in [4.78, 5) is 15.0. The van der Waals surface area contributed by atoms with Gasteiger partial charge in [-0.2, -0.15) is 0 Å². The molecule has 0 saturated carbocycles. The van der Waals surface area contributed by atoms with Crippen LogP contribution in [0.2, 0.25) is 0 Å². The first-order chi connectivity index (χ1) is 7.59. The van der Waals surface area contributed by atoms with Crippen LogP contribution in [-0.4, -0.2) is 21.2 Å². The lowest BCUT2D eigenvalue weighted by Crippen LogP contribution is -1.99. The van der Waals surface area contributed by atoms with Gasteiger partial charge in [-0.1, -0.05) is 23.5 Å². The molecular weight excluding hydrogens is 228 g/mol. The van der Waals surface area contributed by atoms with Crippen LogP contribution in [0.4, 0.5) is 5.13 Å². The van der Waals surface area contributed by atoms with Crippen molar-refractivity contribution in [3.63, 3.8) is 0 Å². The number of aromatic hydroxyl groups is 1. The Balaban J connectivity index is 2.64. The van der Waals surface area contributed by atoms with E-state index in [0.29, 0.717) is 10.4 Å². The van der Waals surface area contributed by atoms with Crippen molar-refractivity contribution in [2.45, 2.75) is 0 Å². The molecule has 0 radical (unpaired) electrons. The number of para-hydroxylation sites is 1. The number of anilines is 1. The minimum absolute atomic E-state index is 0.00801. The van der Waals surface area contributed by atoms with Crippen molar-refractivity contribution in [2.75, 3.05) is 5.73 Å². The lowest BCUT2D eigenvalue weighted by Gasteiger charge is -2.01. The number of carbonyl (C=O) groups is 1. The first-order valence-corrected chi connectivity index (χ1v) is 5.19. The quantitative estimate of drug-likeness (QED) is 0.738. The molecule has 1 heterocycles. The standard InChI is InChI=1S/C10H8N2O3S/c11-10-12-7(9(14)15)8(16-10)5-3-1-2-4-6(5)13/h1-4,13H,(H2,11,12)(H,14,15). The molecule has 4 N–H and O–H groups in total. The zero-order valence-electron chi connectivity index (χ0n) is 8.04. The van der Waals surface area contributed by atoms with Gasteiger partial charge in [0.05, 0.1) is 4.88 Å². The second kappa shape index (κ2) is 3.82. The highest BCUT2D eigenvalue weighted by Gasteiger charge is 2.19. The summed E-state index contributed by atoms with van der Waals surface area (Å²) in [5.41, 5.74) is 5.76.